The summed E-state index contributed by atoms with van der Waals surface area (Å²) in [7, 11) is 1.66. The summed E-state index contributed by atoms with van der Waals surface area (Å²) in [5, 5.41) is 5.83. The SMILES string of the molecule is C=CCCCCCNCCC(=O)NC. The summed E-state index contributed by atoms with van der Waals surface area (Å²) < 4.78 is 0. The maximum Gasteiger partial charge on any atom is 0.221 e. The van der Waals surface area contributed by atoms with E-state index in [4.69, 9.17) is 0 Å². The van der Waals surface area contributed by atoms with E-state index in [1.807, 2.05) is 6.08 Å². The average molecular weight is 198 g/mol. The number of carbonyl (C=O) groups is 1. The minimum atomic E-state index is 0.101. The first-order valence-electron chi connectivity index (χ1n) is 5.33. The van der Waals surface area contributed by atoms with Crippen molar-refractivity contribution in [2.24, 2.45) is 0 Å². The molecule has 0 atom stereocenters. The smallest absolute Gasteiger partial charge is 0.221 e. The van der Waals surface area contributed by atoms with E-state index in [-0.39, 0.29) is 5.91 Å². The van der Waals surface area contributed by atoms with Crippen molar-refractivity contribution in [2.75, 3.05) is 20.1 Å². The Labute approximate surface area is 87.0 Å². The van der Waals surface area contributed by atoms with Gasteiger partial charge in [-0.3, -0.25) is 4.79 Å². The van der Waals surface area contributed by atoms with Crippen LogP contribution in [-0.2, 0) is 4.79 Å². The van der Waals surface area contributed by atoms with Gasteiger partial charge in [0.25, 0.3) is 0 Å². The van der Waals surface area contributed by atoms with Crippen LogP contribution >= 0.6 is 0 Å². The standard InChI is InChI=1S/C11H22N2O/c1-3-4-5-6-7-9-13-10-8-11(14)12-2/h3,13H,1,4-10H2,2H3,(H,12,14). The predicted octanol–water partition coefficient (Wildman–Crippen LogP) is 1.46. The molecule has 3 heteroatoms. The molecule has 0 fully saturated rings. The molecule has 0 rings (SSSR count). The maximum absolute atomic E-state index is 10.8. The van der Waals surface area contributed by atoms with Gasteiger partial charge in [-0.2, -0.15) is 0 Å². The highest BCUT2D eigenvalue weighted by Crippen LogP contribution is 1.98. The Hall–Kier alpha value is -0.830. The van der Waals surface area contributed by atoms with Gasteiger partial charge in [0.05, 0.1) is 0 Å². The minimum Gasteiger partial charge on any atom is -0.359 e. The van der Waals surface area contributed by atoms with Crippen LogP contribution in [0.1, 0.15) is 32.1 Å². The molecule has 2 N–H and O–H groups in total. The third kappa shape index (κ3) is 9.26. The fraction of sp³-hybridized carbons (Fsp3) is 0.727. The molecule has 0 heterocycles. The lowest BCUT2D eigenvalue weighted by Crippen LogP contribution is -2.25. The summed E-state index contributed by atoms with van der Waals surface area (Å²) in [6, 6.07) is 0. The van der Waals surface area contributed by atoms with Gasteiger partial charge in [0, 0.05) is 20.0 Å². The topological polar surface area (TPSA) is 41.1 Å². The summed E-state index contributed by atoms with van der Waals surface area (Å²) in [6.07, 6.45) is 7.28. The minimum absolute atomic E-state index is 0.101. The molecule has 0 saturated carbocycles. The van der Waals surface area contributed by atoms with Crippen molar-refractivity contribution >= 4 is 5.91 Å². The monoisotopic (exact) mass is 198 g/mol. The summed E-state index contributed by atoms with van der Waals surface area (Å²) in [5.74, 6) is 0.101. The number of nitrogens with one attached hydrogen (secondary N) is 2. The second-order valence-corrected chi connectivity index (χ2v) is 3.31. The van der Waals surface area contributed by atoms with Gasteiger partial charge in [-0.25, -0.2) is 0 Å². The van der Waals surface area contributed by atoms with E-state index in [0.29, 0.717) is 6.42 Å². The first-order valence-corrected chi connectivity index (χ1v) is 5.33. The zero-order valence-corrected chi connectivity index (χ0v) is 9.14. The molecule has 0 aromatic rings. The molecule has 0 spiro atoms. The molecular formula is C11H22N2O. The van der Waals surface area contributed by atoms with Gasteiger partial charge in [-0.15, -0.1) is 6.58 Å². The van der Waals surface area contributed by atoms with Crippen LogP contribution in [0.3, 0.4) is 0 Å². The number of amides is 1. The second-order valence-electron chi connectivity index (χ2n) is 3.31. The van der Waals surface area contributed by atoms with E-state index in [0.717, 1.165) is 19.5 Å². The molecule has 0 aliphatic carbocycles. The van der Waals surface area contributed by atoms with Crippen LogP contribution < -0.4 is 10.6 Å². The molecule has 0 aliphatic heterocycles. The van der Waals surface area contributed by atoms with Crippen LogP contribution in [0.15, 0.2) is 12.7 Å². The van der Waals surface area contributed by atoms with Crippen LogP contribution in [0.25, 0.3) is 0 Å². The summed E-state index contributed by atoms with van der Waals surface area (Å²) in [4.78, 5) is 10.8. The summed E-state index contributed by atoms with van der Waals surface area (Å²) in [6.45, 7) is 5.46. The number of allylic oxidation sites excluding steroid dienone is 1. The van der Waals surface area contributed by atoms with E-state index in [9.17, 15) is 4.79 Å². The highest BCUT2D eigenvalue weighted by atomic mass is 16.1. The van der Waals surface area contributed by atoms with E-state index < -0.39 is 0 Å². The molecule has 0 unspecified atom stereocenters. The average Bonchev–Trinajstić information content (AvgIpc) is 2.21. The zero-order chi connectivity index (χ0) is 10.6. The van der Waals surface area contributed by atoms with Gasteiger partial charge in [0.15, 0.2) is 0 Å². The molecule has 82 valence electrons. The number of hydrogen-bond acceptors (Lipinski definition) is 2. The quantitative estimate of drug-likeness (QED) is 0.435. The summed E-state index contributed by atoms with van der Waals surface area (Å²) in [5.41, 5.74) is 0. The van der Waals surface area contributed by atoms with E-state index >= 15 is 0 Å². The Morgan fingerprint density at radius 1 is 1.29 bits per heavy atom. The van der Waals surface area contributed by atoms with Crippen molar-refractivity contribution in [1.29, 1.82) is 0 Å². The Morgan fingerprint density at radius 3 is 2.71 bits per heavy atom. The molecular weight excluding hydrogens is 176 g/mol. The molecule has 3 nitrogen and oxygen atoms in total. The van der Waals surface area contributed by atoms with Crippen LogP contribution in [0.4, 0.5) is 0 Å². The predicted molar refractivity (Wildman–Crippen MR) is 60.2 cm³/mol. The second kappa shape index (κ2) is 10.3. The Bertz CT molecular complexity index is 157. The van der Waals surface area contributed by atoms with E-state index in [2.05, 4.69) is 17.2 Å². The van der Waals surface area contributed by atoms with Gasteiger partial charge in [0.1, 0.15) is 0 Å². The van der Waals surface area contributed by atoms with Gasteiger partial charge < -0.3 is 10.6 Å². The first kappa shape index (κ1) is 13.2. The van der Waals surface area contributed by atoms with Crippen molar-refractivity contribution in [3.63, 3.8) is 0 Å². The molecule has 14 heavy (non-hydrogen) atoms. The molecule has 0 aromatic carbocycles. The molecule has 0 bridgehead atoms. The third-order valence-electron chi connectivity index (χ3n) is 2.07. The Morgan fingerprint density at radius 2 is 2.07 bits per heavy atom. The highest BCUT2D eigenvalue weighted by Gasteiger charge is 1.95. The first-order chi connectivity index (χ1) is 6.81. The van der Waals surface area contributed by atoms with Gasteiger partial charge in [-0.05, 0) is 25.8 Å². The number of rotatable bonds is 9. The van der Waals surface area contributed by atoms with Crippen molar-refractivity contribution in [2.45, 2.75) is 32.1 Å². The lowest BCUT2D eigenvalue weighted by molar-refractivity contribution is -0.120. The highest BCUT2D eigenvalue weighted by molar-refractivity contribution is 5.75. The number of carbonyl (C=O) groups excluding carboxylic acids is 1. The van der Waals surface area contributed by atoms with Crippen LogP contribution in [0, 0.1) is 0 Å². The maximum atomic E-state index is 10.8. The fourth-order valence-corrected chi connectivity index (χ4v) is 1.17. The normalized spacial score (nSPS) is 9.79. The number of hydrogen-bond donors (Lipinski definition) is 2. The van der Waals surface area contributed by atoms with E-state index in [1.54, 1.807) is 7.05 Å². The van der Waals surface area contributed by atoms with Crippen molar-refractivity contribution < 1.29 is 4.79 Å². The van der Waals surface area contributed by atoms with Crippen molar-refractivity contribution in [3.8, 4) is 0 Å². The Balaban J connectivity index is 2.98. The summed E-state index contributed by atoms with van der Waals surface area (Å²) >= 11 is 0. The van der Waals surface area contributed by atoms with Crippen LogP contribution in [0.2, 0.25) is 0 Å². The largest absolute Gasteiger partial charge is 0.359 e. The molecule has 0 aromatic heterocycles. The molecule has 0 radical (unpaired) electrons. The van der Waals surface area contributed by atoms with Gasteiger partial charge >= 0.3 is 0 Å². The third-order valence-corrected chi connectivity index (χ3v) is 2.07. The fourth-order valence-electron chi connectivity index (χ4n) is 1.17. The zero-order valence-electron chi connectivity index (χ0n) is 9.14. The lowest BCUT2D eigenvalue weighted by Gasteiger charge is -2.03. The van der Waals surface area contributed by atoms with Crippen molar-refractivity contribution in [1.82, 2.24) is 10.6 Å². The van der Waals surface area contributed by atoms with Crippen LogP contribution in [-0.4, -0.2) is 26.0 Å². The van der Waals surface area contributed by atoms with Crippen molar-refractivity contribution in [3.05, 3.63) is 12.7 Å². The van der Waals surface area contributed by atoms with Crippen LogP contribution in [0.5, 0.6) is 0 Å². The Kier molecular flexibility index (Phi) is 9.64. The molecule has 0 saturated heterocycles. The molecule has 1 amide bonds. The van der Waals surface area contributed by atoms with E-state index in [1.165, 1.54) is 19.3 Å². The van der Waals surface area contributed by atoms with Gasteiger partial charge in [-0.1, -0.05) is 12.5 Å². The van der Waals surface area contributed by atoms with Gasteiger partial charge in [0.2, 0.25) is 5.91 Å². The number of unbranched alkanes of at least 4 members (excludes halogenated alkanes) is 3. The molecule has 0 aliphatic rings. The lowest BCUT2D eigenvalue weighted by atomic mass is 10.2.